The lowest BCUT2D eigenvalue weighted by atomic mass is 9.97. The molecule has 2 aliphatic rings. The van der Waals surface area contributed by atoms with Crippen LogP contribution in [-0.2, 0) is 6.54 Å². The van der Waals surface area contributed by atoms with Crippen LogP contribution < -0.4 is 14.8 Å². The Morgan fingerprint density at radius 2 is 2.06 bits per heavy atom. The second-order valence-corrected chi connectivity index (χ2v) is 9.75. The van der Waals surface area contributed by atoms with Gasteiger partial charge in [0.25, 0.3) is 0 Å². The predicted octanol–water partition coefficient (Wildman–Crippen LogP) is 5.41. The zero-order valence-corrected chi connectivity index (χ0v) is 20.5. The van der Waals surface area contributed by atoms with E-state index >= 15 is 0 Å². The first-order chi connectivity index (χ1) is 17.2. The van der Waals surface area contributed by atoms with E-state index in [-0.39, 0.29) is 0 Å². The average molecular weight is 490 g/mol. The number of likely N-dealkylation sites (tertiary alicyclic amines) is 1. The molecule has 1 N–H and O–H groups in total. The molecule has 0 aliphatic carbocycles. The summed E-state index contributed by atoms with van der Waals surface area (Å²) >= 11 is 6.49. The minimum atomic E-state index is 0.308. The van der Waals surface area contributed by atoms with Crippen molar-refractivity contribution in [1.29, 1.82) is 0 Å². The summed E-state index contributed by atoms with van der Waals surface area (Å²) in [7, 11) is 0. The van der Waals surface area contributed by atoms with Gasteiger partial charge in [-0.15, -0.1) is 0 Å². The molecule has 0 amide bonds. The number of benzene rings is 2. The van der Waals surface area contributed by atoms with Crippen LogP contribution in [0.4, 0.5) is 5.82 Å². The highest BCUT2D eigenvalue weighted by atomic mass is 35.5. The number of ether oxygens (including phenoxy) is 2. The number of hydrogen-bond donors (Lipinski definition) is 1. The van der Waals surface area contributed by atoms with Crippen LogP contribution in [-0.4, -0.2) is 45.9 Å². The van der Waals surface area contributed by atoms with Crippen LogP contribution in [0.2, 0.25) is 5.02 Å². The molecule has 180 valence electrons. The summed E-state index contributed by atoms with van der Waals surface area (Å²) in [4.78, 5) is 7.37. The van der Waals surface area contributed by atoms with Gasteiger partial charge in [0, 0.05) is 47.4 Å². The van der Waals surface area contributed by atoms with E-state index in [4.69, 9.17) is 26.1 Å². The van der Waals surface area contributed by atoms with Crippen LogP contribution in [0, 0.1) is 12.8 Å². The predicted molar refractivity (Wildman–Crippen MR) is 137 cm³/mol. The van der Waals surface area contributed by atoms with E-state index in [0.717, 1.165) is 66.0 Å². The highest BCUT2D eigenvalue weighted by Crippen LogP contribution is 2.36. The van der Waals surface area contributed by atoms with Gasteiger partial charge in [0.15, 0.2) is 17.1 Å². The zero-order valence-electron chi connectivity index (χ0n) is 19.7. The summed E-state index contributed by atoms with van der Waals surface area (Å²) in [5.74, 6) is 3.21. The molecule has 0 saturated carbocycles. The van der Waals surface area contributed by atoms with Crippen LogP contribution in [0.25, 0.3) is 16.9 Å². The van der Waals surface area contributed by atoms with Crippen molar-refractivity contribution in [2.24, 2.45) is 5.92 Å². The van der Waals surface area contributed by atoms with Gasteiger partial charge in [-0.05, 0) is 44.4 Å². The number of nitrogens with one attached hydrogen (secondary N) is 1. The number of rotatable bonds is 6. The number of halogens is 1. The molecule has 8 heteroatoms. The zero-order chi connectivity index (χ0) is 23.8. The van der Waals surface area contributed by atoms with Gasteiger partial charge in [-0.1, -0.05) is 41.9 Å². The van der Waals surface area contributed by atoms with Crippen molar-refractivity contribution in [2.45, 2.75) is 26.3 Å². The molecule has 2 aromatic carbocycles. The molecule has 35 heavy (non-hydrogen) atoms. The van der Waals surface area contributed by atoms with Gasteiger partial charge >= 0.3 is 0 Å². The van der Waals surface area contributed by atoms with Crippen molar-refractivity contribution < 1.29 is 9.47 Å². The fourth-order valence-electron chi connectivity index (χ4n) is 5.07. The largest absolute Gasteiger partial charge is 0.454 e. The fraction of sp³-hybridized carbons (Fsp3) is 0.333. The lowest BCUT2D eigenvalue weighted by Gasteiger charge is -2.33. The number of fused-ring (bicyclic) bond motifs is 2. The summed E-state index contributed by atoms with van der Waals surface area (Å²) in [5.41, 5.74) is 4.84. The Morgan fingerprint density at radius 3 is 2.97 bits per heavy atom. The second kappa shape index (κ2) is 9.40. The molecular formula is C27H28ClN5O2. The number of piperidine rings is 1. The van der Waals surface area contributed by atoms with Crippen LogP contribution in [0.5, 0.6) is 11.5 Å². The molecule has 0 bridgehead atoms. The van der Waals surface area contributed by atoms with Gasteiger partial charge in [-0.2, -0.15) is 9.61 Å². The maximum absolute atomic E-state index is 6.49. The van der Waals surface area contributed by atoms with Crippen molar-refractivity contribution in [3.63, 3.8) is 0 Å². The van der Waals surface area contributed by atoms with Crippen molar-refractivity contribution in [1.82, 2.24) is 19.5 Å². The molecule has 1 fully saturated rings. The Labute approximate surface area is 209 Å². The van der Waals surface area contributed by atoms with Crippen molar-refractivity contribution in [3.05, 3.63) is 70.9 Å². The summed E-state index contributed by atoms with van der Waals surface area (Å²) in [6.07, 6.45) is 4.23. The topological polar surface area (TPSA) is 63.9 Å². The Balaban J connectivity index is 1.19. The number of nitrogens with zero attached hydrogens (tertiary/aromatic N) is 4. The molecular weight excluding hydrogens is 462 g/mol. The standard InChI is InChI=1S/C27H28ClN5O2/c1-18-13-30-33-25(12-23(31-27(18)33)21-8-2-3-9-22(21)28)29-14-19-6-5-11-32(15-19)16-20-7-4-10-24-26(20)35-17-34-24/h2-4,7-10,12-13,19,29H,5-6,11,14-17H2,1H3. The third-order valence-corrected chi connectivity index (χ3v) is 7.17. The average Bonchev–Trinajstić information content (AvgIpc) is 3.51. The third-order valence-electron chi connectivity index (χ3n) is 6.85. The maximum Gasteiger partial charge on any atom is 0.231 e. The van der Waals surface area contributed by atoms with Crippen LogP contribution in [0.3, 0.4) is 0 Å². The highest BCUT2D eigenvalue weighted by Gasteiger charge is 2.24. The third kappa shape index (κ3) is 4.42. The van der Waals surface area contributed by atoms with Gasteiger partial charge in [0.05, 0.1) is 11.9 Å². The monoisotopic (exact) mass is 489 g/mol. The second-order valence-electron chi connectivity index (χ2n) is 9.34. The Kier molecular flexibility index (Phi) is 5.96. The molecule has 0 radical (unpaired) electrons. The normalized spacial score (nSPS) is 17.7. The molecule has 2 aliphatic heterocycles. The lowest BCUT2D eigenvalue weighted by Crippen LogP contribution is -2.37. The molecule has 1 saturated heterocycles. The van der Waals surface area contributed by atoms with Crippen molar-refractivity contribution in [3.8, 4) is 22.8 Å². The Morgan fingerprint density at radius 1 is 1.14 bits per heavy atom. The van der Waals surface area contributed by atoms with Crippen LogP contribution in [0.1, 0.15) is 24.0 Å². The first kappa shape index (κ1) is 22.2. The number of hydrogen-bond acceptors (Lipinski definition) is 6. The Hall–Kier alpha value is -3.29. The minimum absolute atomic E-state index is 0.308. The fourth-order valence-corrected chi connectivity index (χ4v) is 5.30. The molecule has 0 spiro atoms. The summed E-state index contributed by atoms with van der Waals surface area (Å²) in [6.45, 7) is 6.20. The lowest BCUT2D eigenvalue weighted by molar-refractivity contribution is 0.162. The molecule has 7 nitrogen and oxygen atoms in total. The van der Waals surface area contributed by atoms with E-state index in [2.05, 4.69) is 21.4 Å². The van der Waals surface area contributed by atoms with E-state index in [1.807, 2.05) is 60.1 Å². The summed E-state index contributed by atoms with van der Waals surface area (Å²) in [5, 5.41) is 8.93. The van der Waals surface area contributed by atoms with Gasteiger partial charge in [-0.25, -0.2) is 4.98 Å². The van der Waals surface area contributed by atoms with Crippen LogP contribution >= 0.6 is 11.6 Å². The molecule has 4 heterocycles. The van der Waals surface area contributed by atoms with E-state index in [1.165, 1.54) is 18.4 Å². The SMILES string of the molecule is Cc1cnn2c(NCC3CCCN(Cc4cccc5c4OCO5)C3)cc(-c3ccccc3Cl)nc12. The van der Waals surface area contributed by atoms with E-state index < -0.39 is 0 Å². The van der Waals surface area contributed by atoms with Crippen molar-refractivity contribution >= 4 is 23.1 Å². The number of para-hydroxylation sites is 1. The summed E-state index contributed by atoms with van der Waals surface area (Å²) < 4.78 is 13.2. The number of anilines is 1. The maximum atomic E-state index is 6.49. The van der Waals surface area contributed by atoms with Gasteiger partial charge in [0.1, 0.15) is 5.82 Å². The van der Waals surface area contributed by atoms with Gasteiger partial charge in [-0.3, -0.25) is 4.90 Å². The molecule has 2 aromatic heterocycles. The van der Waals surface area contributed by atoms with Crippen LogP contribution in [0.15, 0.2) is 54.7 Å². The number of aromatic nitrogens is 3. The van der Waals surface area contributed by atoms with E-state index in [0.29, 0.717) is 17.7 Å². The first-order valence-corrected chi connectivity index (χ1v) is 12.5. The van der Waals surface area contributed by atoms with Gasteiger partial charge < -0.3 is 14.8 Å². The minimum Gasteiger partial charge on any atom is -0.454 e. The van der Waals surface area contributed by atoms with Crippen molar-refractivity contribution in [2.75, 3.05) is 31.7 Å². The highest BCUT2D eigenvalue weighted by molar-refractivity contribution is 6.33. The molecule has 1 atom stereocenters. The summed E-state index contributed by atoms with van der Waals surface area (Å²) in [6, 6.07) is 16.0. The molecule has 6 rings (SSSR count). The van der Waals surface area contributed by atoms with Gasteiger partial charge in [0.2, 0.25) is 6.79 Å². The quantitative estimate of drug-likeness (QED) is 0.390. The smallest absolute Gasteiger partial charge is 0.231 e. The number of aryl methyl sites for hydroxylation is 1. The van der Waals surface area contributed by atoms with E-state index in [1.54, 1.807) is 0 Å². The first-order valence-electron chi connectivity index (χ1n) is 12.1. The van der Waals surface area contributed by atoms with E-state index in [9.17, 15) is 0 Å². The molecule has 1 unspecified atom stereocenters. The Bertz CT molecular complexity index is 1370. The molecule has 4 aromatic rings.